The van der Waals surface area contributed by atoms with E-state index in [0.29, 0.717) is 0 Å². The molecule has 4 heteroatoms. The maximum Gasteiger partial charge on any atom is 0.0902 e. The first-order valence-electron chi connectivity index (χ1n) is 5.87. The molecule has 0 aromatic heterocycles. The van der Waals surface area contributed by atoms with Crippen molar-refractivity contribution in [2.75, 3.05) is 53.0 Å². The van der Waals surface area contributed by atoms with Gasteiger partial charge < -0.3 is 14.8 Å². The molecule has 4 nitrogen and oxygen atoms in total. The monoisotopic (exact) mass is 228 g/mol. The highest BCUT2D eigenvalue weighted by Gasteiger charge is 2.32. The average molecular weight is 228 g/mol. The molecule has 0 aromatic carbocycles. The van der Waals surface area contributed by atoms with Crippen molar-refractivity contribution in [1.82, 2.24) is 10.2 Å². The van der Waals surface area contributed by atoms with Crippen molar-refractivity contribution in [2.45, 2.75) is 12.5 Å². The minimum absolute atomic E-state index is 0.0567. The molecule has 0 aromatic rings. The van der Waals surface area contributed by atoms with Crippen LogP contribution in [0.3, 0.4) is 0 Å². The summed E-state index contributed by atoms with van der Waals surface area (Å²) in [4.78, 5) is 2.28. The Labute approximate surface area is 98.6 Å². The molecule has 1 N–H and O–H groups in total. The van der Waals surface area contributed by atoms with Gasteiger partial charge in [0, 0.05) is 39.8 Å². The van der Waals surface area contributed by atoms with Crippen molar-refractivity contribution in [3.8, 4) is 0 Å². The number of hydrogen-bond acceptors (Lipinski definition) is 4. The largest absolute Gasteiger partial charge is 0.383 e. The lowest BCUT2D eigenvalue weighted by molar-refractivity contribution is -0.0722. The number of methoxy groups -OCH3 is 1. The molecule has 0 atom stereocenters. The van der Waals surface area contributed by atoms with E-state index >= 15 is 0 Å². The lowest BCUT2D eigenvalue weighted by atomic mass is 10.0. The predicted octanol–water partition coefficient (Wildman–Crippen LogP) is 0.499. The summed E-state index contributed by atoms with van der Waals surface area (Å²) in [6.45, 7) is 12.1. The smallest absolute Gasteiger partial charge is 0.0902 e. The molecular weight excluding hydrogens is 204 g/mol. The van der Waals surface area contributed by atoms with Gasteiger partial charge in [-0.05, 0) is 6.92 Å². The Morgan fingerprint density at radius 3 is 2.56 bits per heavy atom. The fourth-order valence-corrected chi connectivity index (χ4v) is 1.70. The second kappa shape index (κ2) is 7.01. The minimum Gasteiger partial charge on any atom is -0.383 e. The van der Waals surface area contributed by atoms with Gasteiger partial charge in [0.1, 0.15) is 0 Å². The third kappa shape index (κ3) is 4.61. The van der Waals surface area contributed by atoms with E-state index in [1.54, 1.807) is 7.11 Å². The van der Waals surface area contributed by atoms with Crippen molar-refractivity contribution < 1.29 is 9.47 Å². The van der Waals surface area contributed by atoms with E-state index in [1.807, 2.05) is 6.08 Å². The molecule has 0 bridgehead atoms. The number of nitrogens with one attached hydrogen (secondary N) is 1. The van der Waals surface area contributed by atoms with Gasteiger partial charge in [0.25, 0.3) is 0 Å². The maximum atomic E-state index is 5.84. The first kappa shape index (κ1) is 13.6. The summed E-state index contributed by atoms with van der Waals surface area (Å²) in [7, 11) is 1.73. The Morgan fingerprint density at radius 2 is 2.06 bits per heavy atom. The van der Waals surface area contributed by atoms with Gasteiger partial charge in [0.15, 0.2) is 0 Å². The molecule has 0 aliphatic carbocycles. The van der Waals surface area contributed by atoms with E-state index in [0.717, 1.165) is 45.9 Å². The van der Waals surface area contributed by atoms with Crippen molar-refractivity contribution in [3.63, 3.8) is 0 Å². The van der Waals surface area contributed by atoms with Gasteiger partial charge in [-0.3, -0.25) is 4.90 Å². The van der Waals surface area contributed by atoms with Crippen LogP contribution in [-0.4, -0.2) is 63.5 Å². The summed E-state index contributed by atoms with van der Waals surface area (Å²) in [6.07, 6.45) is 1.92. The molecule has 0 saturated carbocycles. The normalized spacial score (nSPS) is 18.4. The van der Waals surface area contributed by atoms with Crippen LogP contribution in [0.2, 0.25) is 0 Å². The van der Waals surface area contributed by atoms with E-state index in [2.05, 4.69) is 23.7 Å². The van der Waals surface area contributed by atoms with Crippen molar-refractivity contribution in [3.05, 3.63) is 12.7 Å². The zero-order valence-electron chi connectivity index (χ0n) is 10.5. The van der Waals surface area contributed by atoms with Gasteiger partial charge in [-0.15, -0.1) is 6.58 Å². The van der Waals surface area contributed by atoms with Crippen molar-refractivity contribution in [1.29, 1.82) is 0 Å². The molecular formula is C12H24N2O2. The molecule has 1 rings (SSSR count). The fourth-order valence-electron chi connectivity index (χ4n) is 1.70. The molecule has 1 aliphatic heterocycles. The van der Waals surface area contributed by atoms with Crippen LogP contribution in [0.1, 0.15) is 6.92 Å². The van der Waals surface area contributed by atoms with E-state index < -0.39 is 0 Å². The quantitative estimate of drug-likeness (QED) is 0.583. The van der Waals surface area contributed by atoms with Crippen LogP contribution in [0, 0.1) is 0 Å². The van der Waals surface area contributed by atoms with Gasteiger partial charge in [-0.2, -0.15) is 0 Å². The van der Waals surface area contributed by atoms with Gasteiger partial charge in [0.05, 0.1) is 18.8 Å². The number of rotatable bonds is 9. The van der Waals surface area contributed by atoms with E-state index in [4.69, 9.17) is 9.47 Å². The van der Waals surface area contributed by atoms with E-state index in [-0.39, 0.29) is 5.60 Å². The van der Waals surface area contributed by atoms with Crippen molar-refractivity contribution in [2.24, 2.45) is 0 Å². The van der Waals surface area contributed by atoms with Gasteiger partial charge >= 0.3 is 0 Å². The molecule has 0 unspecified atom stereocenters. The number of hydrogen-bond donors (Lipinski definition) is 1. The summed E-state index contributed by atoms with van der Waals surface area (Å²) in [5.74, 6) is 0. The van der Waals surface area contributed by atoms with Crippen LogP contribution in [0.4, 0.5) is 0 Å². The Hall–Kier alpha value is -0.420. The first-order valence-corrected chi connectivity index (χ1v) is 5.87. The van der Waals surface area contributed by atoms with Crippen molar-refractivity contribution >= 4 is 0 Å². The van der Waals surface area contributed by atoms with Crippen LogP contribution in [-0.2, 0) is 9.47 Å². The highest BCUT2D eigenvalue weighted by atomic mass is 16.5. The topological polar surface area (TPSA) is 33.7 Å². The molecule has 0 spiro atoms. The van der Waals surface area contributed by atoms with Crippen LogP contribution < -0.4 is 5.32 Å². The zero-order valence-corrected chi connectivity index (χ0v) is 10.5. The third-order valence-electron chi connectivity index (χ3n) is 2.85. The third-order valence-corrected chi connectivity index (χ3v) is 2.85. The minimum atomic E-state index is 0.0567. The molecule has 0 radical (unpaired) electrons. The van der Waals surface area contributed by atoms with E-state index in [9.17, 15) is 0 Å². The van der Waals surface area contributed by atoms with Crippen LogP contribution in [0.5, 0.6) is 0 Å². The fraction of sp³-hybridized carbons (Fsp3) is 0.833. The number of nitrogens with zero attached hydrogens (tertiary/aromatic N) is 1. The molecule has 94 valence electrons. The average Bonchev–Trinajstić information content (AvgIpc) is 2.23. The SMILES string of the molecule is C=CCN(CCOC)CCOC1(C)CNC1. The number of ether oxygens (including phenoxy) is 2. The standard InChI is InChI=1S/C12H24N2O2/c1-4-5-14(6-8-15-3)7-9-16-12(2)10-13-11-12/h4,13H,1,5-11H2,2-3H3. The Bertz CT molecular complexity index is 205. The second-order valence-electron chi connectivity index (χ2n) is 4.48. The van der Waals surface area contributed by atoms with E-state index in [1.165, 1.54) is 0 Å². The molecule has 1 heterocycles. The van der Waals surface area contributed by atoms with Crippen LogP contribution >= 0.6 is 0 Å². The Kier molecular flexibility index (Phi) is 5.98. The van der Waals surface area contributed by atoms with Crippen LogP contribution in [0.25, 0.3) is 0 Å². The molecule has 16 heavy (non-hydrogen) atoms. The predicted molar refractivity (Wildman–Crippen MR) is 65.7 cm³/mol. The lowest BCUT2D eigenvalue weighted by Crippen LogP contribution is -2.59. The summed E-state index contributed by atoms with van der Waals surface area (Å²) < 4.78 is 10.9. The summed E-state index contributed by atoms with van der Waals surface area (Å²) in [6, 6.07) is 0. The highest BCUT2D eigenvalue weighted by Crippen LogP contribution is 2.14. The molecule has 0 amide bonds. The van der Waals surface area contributed by atoms with Crippen LogP contribution in [0.15, 0.2) is 12.7 Å². The Morgan fingerprint density at radius 1 is 1.38 bits per heavy atom. The van der Waals surface area contributed by atoms with Gasteiger partial charge in [0.2, 0.25) is 0 Å². The second-order valence-corrected chi connectivity index (χ2v) is 4.48. The lowest BCUT2D eigenvalue weighted by Gasteiger charge is -2.39. The van der Waals surface area contributed by atoms with Gasteiger partial charge in [-0.25, -0.2) is 0 Å². The van der Waals surface area contributed by atoms with Gasteiger partial charge in [-0.1, -0.05) is 6.08 Å². The summed E-state index contributed by atoms with van der Waals surface area (Å²) in [5.41, 5.74) is 0.0567. The molecule has 1 saturated heterocycles. The zero-order chi connectivity index (χ0) is 11.9. The molecule has 1 fully saturated rings. The summed E-state index contributed by atoms with van der Waals surface area (Å²) in [5, 5.41) is 3.22. The summed E-state index contributed by atoms with van der Waals surface area (Å²) >= 11 is 0. The Balaban J connectivity index is 2.12. The highest BCUT2D eigenvalue weighted by molar-refractivity contribution is 4.90. The first-order chi connectivity index (χ1) is 7.70. The maximum absolute atomic E-state index is 5.84. The molecule has 1 aliphatic rings.